The summed E-state index contributed by atoms with van der Waals surface area (Å²) in [6.45, 7) is 13.0. The van der Waals surface area contributed by atoms with Crippen molar-refractivity contribution in [1.82, 2.24) is 19.9 Å². The molecule has 0 spiro atoms. The van der Waals surface area contributed by atoms with E-state index in [0.29, 0.717) is 12.8 Å². The van der Waals surface area contributed by atoms with Crippen molar-refractivity contribution >= 4 is 46.4 Å². The van der Waals surface area contributed by atoms with E-state index in [0.717, 1.165) is 100 Å². The first-order valence-corrected chi connectivity index (χ1v) is 20.4. The van der Waals surface area contributed by atoms with Gasteiger partial charge in [-0.1, -0.05) is 83.9 Å². The summed E-state index contributed by atoms with van der Waals surface area (Å²) < 4.78 is 0. The largest absolute Gasteiger partial charge is 0.354 e. The predicted octanol–water partition coefficient (Wildman–Crippen LogP) is 13.3. The van der Waals surface area contributed by atoms with Gasteiger partial charge in [0, 0.05) is 44.3 Å². The number of rotatable bonds is 6. The van der Waals surface area contributed by atoms with E-state index in [-0.39, 0.29) is 0 Å². The van der Waals surface area contributed by atoms with Crippen molar-refractivity contribution in [2.75, 3.05) is 0 Å². The number of nitriles is 2. The Morgan fingerprint density at radius 2 is 0.700 bits per heavy atom. The number of nitrogens with one attached hydrogen (secondary N) is 2. The molecule has 0 atom stereocenters. The van der Waals surface area contributed by atoms with Crippen molar-refractivity contribution in [2.45, 2.75) is 54.4 Å². The number of aromatic nitrogens is 4. The third kappa shape index (κ3) is 6.83. The van der Waals surface area contributed by atoms with Crippen LogP contribution in [0.1, 0.15) is 67.3 Å². The fourth-order valence-corrected chi connectivity index (χ4v) is 9.25. The van der Waals surface area contributed by atoms with Gasteiger partial charge in [0.1, 0.15) is 0 Å². The lowest BCUT2D eigenvalue weighted by molar-refractivity contribution is 1.26. The number of nitrogens with zero attached hydrogens (tertiary/aromatic N) is 4. The minimum atomic E-state index is 0.348. The zero-order valence-corrected chi connectivity index (χ0v) is 34.8. The molecular weight excluding hydrogens is 733 g/mol. The van der Waals surface area contributed by atoms with Gasteiger partial charge in [-0.2, -0.15) is 10.5 Å². The van der Waals surface area contributed by atoms with Crippen LogP contribution in [0.4, 0.5) is 0 Å². The first-order valence-electron chi connectivity index (χ1n) is 20.4. The molecule has 5 heterocycles. The smallest absolute Gasteiger partial charge is 0.0737 e. The second-order valence-corrected chi connectivity index (χ2v) is 16.1. The fourth-order valence-electron chi connectivity index (χ4n) is 9.25. The molecule has 2 N–H and O–H groups in total. The molecule has 9 rings (SSSR count). The summed E-state index contributed by atoms with van der Waals surface area (Å²) in [6, 6.07) is 38.7. The van der Waals surface area contributed by atoms with Gasteiger partial charge in [-0.05, 0) is 146 Å². The molecule has 290 valence electrons. The Bertz CT molecular complexity index is 2950. The van der Waals surface area contributed by atoms with Crippen LogP contribution in [-0.2, 0) is 12.8 Å². The van der Waals surface area contributed by atoms with Gasteiger partial charge in [-0.15, -0.1) is 0 Å². The SMILES string of the molecule is Cc1cc(C)c(-c2c3nc(c(-c4ccc(CC#N)cc4)c4ccc([nH]4)c(-c4c(C)cc(C)cc4C)c4nc(c(-c5ccc(CC#N)cc5)c5ccc2[nH]5)C=C4)C=C3)c(C)c1. The second kappa shape index (κ2) is 15.3. The lowest BCUT2D eigenvalue weighted by Gasteiger charge is -2.13. The molecule has 8 bridgehead atoms. The van der Waals surface area contributed by atoms with E-state index in [1.165, 1.54) is 33.4 Å². The fraction of sp³-hybridized carbons (Fsp3) is 0.148. The van der Waals surface area contributed by atoms with E-state index in [1.807, 2.05) is 24.3 Å². The molecule has 0 fully saturated rings. The Balaban J connectivity index is 1.48. The lowest BCUT2D eigenvalue weighted by atomic mass is 9.92. The van der Waals surface area contributed by atoms with Crippen molar-refractivity contribution in [1.29, 1.82) is 10.5 Å². The van der Waals surface area contributed by atoms with Gasteiger partial charge in [0.25, 0.3) is 0 Å². The molecule has 4 aromatic carbocycles. The quantitative estimate of drug-likeness (QED) is 0.175. The number of H-pyrrole nitrogens is 2. The topological polar surface area (TPSA) is 105 Å². The number of benzene rings is 4. The Morgan fingerprint density at radius 3 is 1.02 bits per heavy atom. The molecule has 60 heavy (non-hydrogen) atoms. The highest BCUT2D eigenvalue weighted by molar-refractivity contribution is 6.01. The number of aryl methyl sites for hydroxylation is 6. The van der Waals surface area contributed by atoms with Gasteiger partial charge < -0.3 is 9.97 Å². The van der Waals surface area contributed by atoms with Gasteiger partial charge in [0.15, 0.2) is 0 Å². The standard InChI is InChI=1S/C54H44N6/c1-31-27-33(3)49(34(4)28-31)53-45-19-15-41(57-45)51(39-11-7-37(8-12-39)23-25-55)43-17-21-47(59-43)54(50-35(5)29-32(2)30-36(50)6)48-22-18-44(60-48)52(42-16-20-46(53)58-42)40-13-9-38(10-14-40)24-26-56/h7-22,27-30,57,60H,23-24H2,1-6H3. The first-order chi connectivity index (χ1) is 29.1. The molecular formula is C54H44N6. The zero-order valence-electron chi connectivity index (χ0n) is 34.8. The summed E-state index contributed by atoms with van der Waals surface area (Å²) in [4.78, 5) is 18.7. The van der Waals surface area contributed by atoms with Crippen LogP contribution in [0.25, 0.3) is 90.9 Å². The molecule has 6 nitrogen and oxygen atoms in total. The highest BCUT2D eigenvalue weighted by Crippen LogP contribution is 2.41. The van der Waals surface area contributed by atoms with E-state index < -0.39 is 0 Å². The van der Waals surface area contributed by atoms with E-state index in [1.54, 1.807) is 0 Å². The monoisotopic (exact) mass is 776 g/mol. The third-order valence-corrected chi connectivity index (χ3v) is 11.7. The van der Waals surface area contributed by atoms with Crippen molar-refractivity contribution in [3.05, 3.63) is 164 Å². The molecule has 0 saturated carbocycles. The first kappa shape index (κ1) is 38.0. The Hall–Kier alpha value is -7.54. The van der Waals surface area contributed by atoms with E-state index in [2.05, 4.69) is 161 Å². The average molecular weight is 777 g/mol. The molecule has 2 aliphatic heterocycles. The summed E-state index contributed by atoms with van der Waals surface area (Å²) in [5.41, 5.74) is 24.5. The number of hydrogen-bond acceptors (Lipinski definition) is 4. The molecule has 0 radical (unpaired) electrons. The summed E-state index contributed by atoms with van der Waals surface area (Å²) in [5.74, 6) is 0. The van der Waals surface area contributed by atoms with Gasteiger partial charge in [0.2, 0.25) is 0 Å². The average Bonchev–Trinajstić information content (AvgIpc) is 4.06. The Morgan fingerprint density at radius 1 is 0.400 bits per heavy atom. The highest BCUT2D eigenvalue weighted by atomic mass is 14.8. The third-order valence-electron chi connectivity index (χ3n) is 11.7. The van der Waals surface area contributed by atoms with Crippen molar-refractivity contribution in [3.8, 4) is 56.6 Å². The lowest BCUT2D eigenvalue weighted by Crippen LogP contribution is -1.95. The van der Waals surface area contributed by atoms with Gasteiger partial charge in [-0.25, -0.2) is 9.97 Å². The summed E-state index contributed by atoms with van der Waals surface area (Å²) >= 11 is 0. The Kier molecular flexibility index (Phi) is 9.71. The van der Waals surface area contributed by atoms with Crippen molar-refractivity contribution in [3.63, 3.8) is 0 Å². The molecule has 0 unspecified atom stereocenters. The molecule has 7 aromatic rings. The maximum Gasteiger partial charge on any atom is 0.0737 e. The van der Waals surface area contributed by atoms with Crippen LogP contribution in [0.15, 0.2) is 97.1 Å². The van der Waals surface area contributed by atoms with Crippen LogP contribution in [0.3, 0.4) is 0 Å². The van der Waals surface area contributed by atoms with Crippen LogP contribution in [0.2, 0.25) is 0 Å². The van der Waals surface area contributed by atoms with E-state index in [4.69, 9.17) is 9.97 Å². The van der Waals surface area contributed by atoms with Crippen LogP contribution < -0.4 is 0 Å². The maximum absolute atomic E-state index is 9.44. The zero-order chi connectivity index (χ0) is 41.7. The molecule has 6 heteroatoms. The van der Waals surface area contributed by atoms with Gasteiger partial charge in [0.05, 0.1) is 47.8 Å². The normalized spacial score (nSPS) is 11.8. The van der Waals surface area contributed by atoms with Gasteiger partial charge in [-0.3, -0.25) is 0 Å². The van der Waals surface area contributed by atoms with E-state index in [9.17, 15) is 10.5 Å². The van der Waals surface area contributed by atoms with E-state index >= 15 is 0 Å². The van der Waals surface area contributed by atoms with Crippen LogP contribution in [0, 0.1) is 64.2 Å². The number of aromatic amines is 2. The van der Waals surface area contributed by atoms with Crippen molar-refractivity contribution in [2.24, 2.45) is 0 Å². The maximum atomic E-state index is 9.44. The molecule has 2 aliphatic rings. The summed E-state index contributed by atoms with van der Waals surface area (Å²) in [7, 11) is 0. The second-order valence-electron chi connectivity index (χ2n) is 16.1. The minimum Gasteiger partial charge on any atom is -0.354 e. The minimum absolute atomic E-state index is 0.348. The molecule has 0 aliphatic carbocycles. The van der Waals surface area contributed by atoms with Crippen LogP contribution >= 0.6 is 0 Å². The van der Waals surface area contributed by atoms with Crippen molar-refractivity contribution < 1.29 is 0 Å². The molecule has 0 amide bonds. The highest BCUT2D eigenvalue weighted by Gasteiger charge is 2.21. The summed E-state index contributed by atoms with van der Waals surface area (Å²) in [6.07, 6.45) is 9.21. The van der Waals surface area contributed by atoms with Crippen LogP contribution in [-0.4, -0.2) is 19.9 Å². The van der Waals surface area contributed by atoms with Gasteiger partial charge >= 0.3 is 0 Å². The molecule has 3 aromatic heterocycles. The number of fused-ring (bicyclic) bond motifs is 8. The predicted molar refractivity (Wildman–Crippen MR) is 248 cm³/mol. The Labute approximate surface area is 350 Å². The summed E-state index contributed by atoms with van der Waals surface area (Å²) in [5, 5.41) is 18.9. The molecule has 0 saturated heterocycles. The number of hydrogen-bond donors (Lipinski definition) is 2. The van der Waals surface area contributed by atoms with Crippen LogP contribution in [0.5, 0.6) is 0 Å².